The molecule has 0 aliphatic carbocycles. The summed E-state index contributed by atoms with van der Waals surface area (Å²) < 4.78 is 11.1. The van der Waals surface area contributed by atoms with Crippen LogP contribution in [0.2, 0.25) is 0 Å². The first-order chi connectivity index (χ1) is 6.84. The van der Waals surface area contributed by atoms with E-state index in [1.54, 1.807) is 13.8 Å². The lowest BCUT2D eigenvalue weighted by molar-refractivity contribution is -0.126. The Hall–Kier alpha value is -0.910. The van der Waals surface area contributed by atoms with Crippen LogP contribution < -0.4 is 0 Å². The highest BCUT2D eigenvalue weighted by Gasteiger charge is 2.52. The van der Waals surface area contributed by atoms with Crippen molar-refractivity contribution in [1.82, 2.24) is 9.80 Å². The van der Waals surface area contributed by atoms with Gasteiger partial charge in [0.1, 0.15) is 0 Å². The Labute approximate surface area is 86.8 Å². The van der Waals surface area contributed by atoms with Gasteiger partial charge in [0.2, 0.25) is 5.78 Å². The van der Waals surface area contributed by atoms with Gasteiger partial charge < -0.3 is 14.7 Å². The highest BCUT2D eigenvalue weighted by Crippen LogP contribution is 2.46. The molecule has 0 aromatic carbocycles. The predicted molar refractivity (Wildman–Crippen MR) is 51.0 cm³/mol. The molecule has 15 heavy (non-hydrogen) atoms. The number of carbonyl (C=O) groups excluding carboxylic acids is 2. The number of amides is 3. The molecule has 1 unspecified atom stereocenters. The molecule has 1 saturated heterocycles. The molecule has 2 N–H and O–H groups in total. The Morgan fingerprint density at radius 1 is 1.27 bits per heavy atom. The van der Waals surface area contributed by atoms with Gasteiger partial charge >= 0.3 is 13.6 Å². The maximum Gasteiger partial charge on any atom is 0.357 e. The Kier molecular flexibility index (Phi) is 3.18. The lowest BCUT2D eigenvalue weighted by atomic mass is 10.5. The summed E-state index contributed by atoms with van der Waals surface area (Å²) in [7, 11) is -4.62. The van der Waals surface area contributed by atoms with Crippen LogP contribution >= 0.6 is 7.60 Å². The molecular weight excluding hydrogens is 223 g/mol. The average Bonchev–Trinajstić information content (AvgIpc) is 2.36. The first-order valence-corrected chi connectivity index (χ1v) is 6.19. The molecule has 1 heterocycles. The van der Waals surface area contributed by atoms with Crippen LogP contribution in [0.15, 0.2) is 0 Å². The number of rotatable bonds is 3. The van der Waals surface area contributed by atoms with Crippen LogP contribution in [0.25, 0.3) is 0 Å². The van der Waals surface area contributed by atoms with E-state index in [1.807, 2.05) is 0 Å². The number of hydrogen-bond donors (Lipinski definition) is 2. The van der Waals surface area contributed by atoms with Gasteiger partial charge in [0.15, 0.2) is 0 Å². The monoisotopic (exact) mass is 236 g/mol. The molecule has 1 aliphatic rings. The summed E-state index contributed by atoms with van der Waals surface area (Å²) in [6.07, 6.45) is 0. The lowest BCUT2D eigenvalue weighted by Crippen LogP contribution is -2.34. The molecule has 0 saturated carbocycles. The SMILES string of the molecule is CCN1C(=O)C(P(=O)(O)O)N(CC)C1=O. The second-order valence-corrected chi connectivity index (χ2v) is 4.78. The number of hydrogen-bond acceptors (Lipinski definition) is 3. The van der Waals surface area contributed by atoms with E-state index in [-0.39, 0.29) is 13.1 Å². The number of carbonyl (C=O) groups is 2. The summed E-state index contributed by atoms with van der Waals surface area (Å²) in [5.41, 5.74) is 0. The third-order valence-corrected chi connectivity index (χ3v) is 3.37. The molecule has 3 amide bonds. The van der Waals surface area contributed by atoms with Crippen LogP contribution in [0.1, 0.15) is 13.8 Å². The molecule has 0 bridgehead atoms. The largest absolute Gasteiger partial charge is 0.357 e. The van der Waals surface area contributed by atoms with Crippen molar-refractivity contribution in [2.75, 3.05) is 13.1 Å². The van der Waals surface area contributed by atoms with Crippen LogP contribution in [0.4, 0.5) is 4.79 Å². The molecule has 0 radical (unpaired) electrons. The summed E-state index contributed by atoms with van der Waals surface area (Å²) in [5.74, 6) is -2.47. The first-order valence-electron chi connectivity index (χ1n) is 4.51. The molecule has 0 spiro atoms. The molecule has 86 valence electrons. The zero-order valence-electron chi connectivity index (χ0n) is 8.45. The van der Waals surface area contributed by atoms with Crippen molar-refractivity contribution in [2.24, 2.45) is 0 Å². The van der Waals surface area contributed by atoms with Crippen molar-refractivity contribution in [1.29, 1.82) is 0 Å². The molecule has 7 nitrogen and oxygen atoms in total. The first kappa shape index (κ1) is 12.2. The number of imide groups is 1. The third kappa shape index (κ3) is 1.90. The van der Waals surface area contributed by atoms with Gasteiger partial charge in [0.05, 0.1) is 0 Å². The molecule has 1 fully saturated rings. The number of likely N-dealkylation sites (N-methyl/N-ethyl adjacent to an activating group) is 2. The van der Waals surface area contributed by atoms with Crippen molar-refractivity contribution < 1.29 is 23.9 Å². The molecule has 0 aromatic heterocycles. The normalized spacial score (nSPS) is 22.8. The van der Waals surface area contributed by atoms with E-state index >= 15 is 0 Å². The molecule has 1 aliphatic heterocycles. The van der Waals surface area contributed by atoms with E-state index < -0.39 is 25.3 Å². The Balaban J connectivity index is 3.12. The minimum absolute atomic E-state index is 0.0941. The van der Waals surface area contributed by atoms with E-state index in [9.17, 15) is 14.2 Å². The average molecular weight is 236 g/mol. The molecule has 0 aromatic rings. The van der Waals surface area contributed by atoms with E-state index in [4.69, 9.17) is 9.79 Å². The maximum absolute atomic E-state index is 11.5. The summed E-state index contributed by atoms with van der Waals surface area (Å²) >= 11 is 0. The quantitative estimate of drug-likeness (QED) is 0.522. The third-order valence-electron chi connectivity index (χ3n) is 2.23. The minimum atomic E-state index is -4.62. The fourth-order valence-corrected chi connectivity index (χ4v) is 2.60. The lowest BCUT2D eigenvalue weighted by Gasteiger charge is -2.19. The van der Waals surface area contributed by atoms with Crippen molar-refractivity contribution in [2.45, 2.75) is 19.6 Å². The van der Waals surface area contributed by atoms with Gasteiger partial charge in [-0.15, -0.1) is 0 Å². The summed E-state index contributed by atoms with van der Waals surface area (Å²) in [6, 6.07) is -0.640. The molecular formula is C7H13N2O5P. The highest BCUT2D eigenvalue weighted by molar-refractivity contribution is 7.53. The fourth-order valence-electron chi connectivity index (χ4n) is 1.55. The van der Waals surface area contributed by atoms with Crippen LogP contribution in [0, 0.1) is 0 Å². The number of nitrogens with zero attached hydrogens (tertiary/aromatic N) is 2. The van der Waals surface area contributed by atoms with E-state index in [1.165, 1.54) is 0 Å². The zero-order valence-corrected chi connectivity index (χ0v) is 9.35. The van der Waals surface area contributed by atoms with Gasteiger partial charge in [-0.05, 0) is 13.8 Å². The van der Waals surface area contributed by atoms with Crippen molar-refractivity contribution in [3.8, 4) is 0 Å². The minimum Gasteiger partial charge on any atom is -0.323 e. The van der Waals surface area contributed by atoms with Crippen molar-refractivity contribution >= 4 is 19.5 Å². The van der Waals surface area contributed by atoms with Gasteiger partial charge in [-0.3, -0.25) is 14.3 Å². The summed E-state index contributed by atoms with van der Waals surface area (Å²) in [5, 5.41) is 0. The van der Waals surface area contributed by atoms with Gasteiger partial charge in [-0.25, -0.2) is 4.79 Å². The van der Waals surface area contributed by atoms with Crippen LogP contribution in [0.3, 0.4) is 0 Å². The van der Waals surface area contributed by atoms with E-state index in [0.717, 1.165) is 9.80 Å². The van der Waals surface area contributed by atoms with Gasteiger partial charge in [-0.1, -0.05) is 0 Å². The van der Waals surface area contributed by atoms with Crippen LogP contribution in [0.5, 0.6) is 0 Å². The van der Waals surface area contributed by atoms with E-state index in [0.29, 0.717) is 0 Å². The van der Waals surface area contributed by atoms with Gasteiger partial charge in [-0.2, -0.15) is 0 Å². The van der Waals surface area contributed by atoms with Crippen LogP contribution in [-0.2, 0) is 9.36 Å². The number of urea groups is 1. The Morgan fingerprint density at radius 2 is 1.80 bits per heavy atom. The zero-order chi connectivity index (χ0) is 11.8. The second kappa shape index (κ2) is 3.92. The maximum atomic E-state index is 11.5. The van der Waals surface area contributed by atoms with Crippen molar-refractivity contribution in [3.05, 3.63) is 0 Å². The standard InChI is InChI=1S/C7H13N2O5P/c1-3-8-5(10)6(15(12,13)14)9(4-2)7(8)11/h6H,3-4H2,1-2H3,(H2,12,13,14). The highest BCUT2D eigenvalue weighted by atomic mass is 31.2. The molecule has 1 rings (SSSR count). The van der Waals surface area contributed by atoms with Crippen molar-refractivity contribution in [3.63, 3.8) is 0 Å². The smallest absolute Gasteiger partial charge is 0.323 e. The van der Waals surface area contributed by atoms with Gasteiger partial charge in [0.25, 0.3) is 5.91 Å². The second-order valence-electron chi connectivity index (χ2n) is 3.11. The molecule has 8 heteroatoms. The Morgan fingerprint density at radius 3 is 2.07 bits per heavy atom. The van der Waals surface area contributed by atoms with Gasteiger partial charge in [0, 0.05) is 13.1 Å². The fraction of sp³-hybridized carbons (Fsp3) is 0.714. The topological polar surface area (TPSA) is 98.2 Å². The predicted octanol–water partition coefficient (Wildman–Crippen LogP) is -0.206. The Bertz CT molecular complexity index is 338. The summed E-state index contributed by atoms with van der Waals surface area (Å²) in [4.78, 5) is 42.8. The molecule has 1 atom stereocenters. The van der Waals surface area contributed by atoms with Crippen LogP contribution in [-0.4, -0.2) is 50.4 Å². The van der Waals surface area contributed by atoms with E-state index in [2.05, 4.69) is 0 Å². The summed E-state index contributed by atoms with van der Waals surface area (Å²) in [6.45, 7) is 3.35.